The summed E-state index contributed by atoms with van der Waals surface area (Å²) in [6, 6.07) is 4.55. The van der Waals surface area contributed by atoms with E-state index in [1.807, 2.05) is 13.0 Å². The van der Waals surface area contributed by atoms with Crippen molar-refractivity contribution in [2.45, 2.75) is 26.1 Å². The standard InChI is InChI=1S/C20H23F2N5O/c1-12-5-17-19(25-8-12)27(11-14-10-24-3-4-28-14)20(26-17)18-15(21)6-13(9-23-2)7-16(18)22/h5-8,14,23-24H,3-4,9-11H2,1-2H3/t14-/m1/s1. The number of nitrogens with one attached hydrogen (secondary N) is 2. The maximum absolute atomic E-state index is 14.9. The third-order valence-corrected chi connectivity index (χ3v) is 4.82. The summed E-state index contributed by atoms with van der Waals surface area (Å²) >= 11 is 0. The molecule has 3 aromatic rings. The van der Waals surface area contributed by atoms with Crippen molar-refractivity contribution in [1.82, 2.24) is 25.2 Å². The molecule has 8 heteroatoms. The molecule has 1 aromatic carbocycles. The van der Waals surface area contributed by atoms with Gasteiger partial charge >= 0.3 is 0 Å². The average molecular weight is 387 g/mol. The first-order chi connectivity index (χ1) is 13.6. The molecular formula is C20H23F2N5O. The predicted octanol–water partition coefficient (Wildman–Crippen LogP) is 2.39. The number of rotatable bonds is 5. The van der Waals surface area contributed by atoms with Crippen LogP contribution in [0.3, 0.4) is 0 Å². The normalized spacial score (nSPS) is 17.4. The van der Waals surface area contributed by atoms with Crippen molar-refractivity contribution in [2.24, 2.45) is 0 Å². The number of hydrogen-bond donors (Lipinski definition) is 2. The van der Waals surface area contributed by atoms with E-state index in [1.54, 1.807) is 17.8 Å². The van der Waals surface area contributed by atoms with Crippen LogP contribution in [0.2, 0.25) is 0 Å². The van der Waals surface area contributed by atoms with E-state index in [4.69, 9.17) is 4.74 Å². The summed E-state index contributed by atoms with van der Waals surface area (Å²) in [7, 11) is 1.73. The summed E-state index contributed by atoms with van der Waals surface area (Å²) in [5.74, 6) is -1.05. The molecule has 1 aliphatic heterocycles. The third-order valence-electron chi connectivity index (χ3n) is 4.82. The fourth-order valence-corrected chi connectivity index (χ4v) is 3.56. The quantitative estimate of drug-likeness (QED) is 0.704. The zero-order valence-corrected chi connectivity index (χ0v) is 15.9. The second kappa shape index (κ2) is 7.90. The summed E-state index contributed by atoms with van der Waals surface area (Å²) < 4.78 is 37.3. The molecule has 6 nitrogen and oxygen atoms in total. The predicted molar refractivity (Wildman–Crippen MR) is 103 cm³/mol. The van der Waals surface area contributed by atoms with Gasteiger partial charge in [0.15, 0.2) is 5.65 Å². The van der Waals surface area contributed by atoms with Gasteiger partial charge in [-0.25, -0.2) is 18.7 Å². The van der Waals surface area contributed by atoms with Crippen LogP contribution in [0.5, 0.6) is 0 Å². The Morgan fingerprint density at radius 2 is 2.07 bits per heavy atom. The monoisotopic (exact) mass is 387 g/mol. The summed E-state index contributed by atoms with van der Waals surface area (Å²) in [5, 5.41) is 6.18. The second-order valence-electron chi connectivity index (χ2n) is 7.06. The molecule has 28 heavy (non-hydrogen) atoms. The molecule has 2 N–H and O–H groups in total. The Morgan fingerprint density at radius 1 is 1.29 bits per heavy atom. The molecular weight excluding hydrogens is 364 g/mol. The van der Waals surface area contributed by atoms with Crippen LogP contribution in [0.1, 0.15) is 11.1 Å². The highest BCUT2D eigenvalue weighted by Gasteiger charge is 2.24. The highest BCUT2D eigenvalue weighted by Crippen LogP contribution is 2.30. The van der Waals surface area contributed by atoms with E-state index < -0.39 is 11.6 Å². The number of pyridine rings is 1. The zero-order chi connectivity index (χ0) is 19.7. The molecule has 4 rings (SSSR count). The lowest BCUT2D eigenvalue weighted by Gasteiger charge is -2.24. The minimum absolute atomic E-state index is 0.123. The van der Waals surface area contributed by atoms with Gasteiger partial charge in [-0.3, -0.25) is 0 Å². The van der Waals surface area contributed by atoms with Crippen LogP contribution in [-0.2, 0) is 17.8 Å². The van der Waals surface area contributed by atoms with Crippen molar-refractivity contribution >= 4 is 11.2 Å². The lowest BCUT2D eigenvalue weighted by molar-refractivity contribution is 0.0190. The Bertz CT molecular complexity index is 975. The fourth-order valence-electron chi connectivity index (χ4n) is 3.56. The minimum atomic E-state index is -0.638. The number of imidazole rings is 1. The van der Waals surface area contributed by atoms with Gasteiger partial charge < -0.3 is 19.9 Å². The number of hydrogen-bond acceptors (Lipinski definition) is 5. The Hall–Kier alpha value is -2.42. The highest BCUT2D eigenvalue weighted by atomic mass is 19.1. The molecule has 0 unspecified atom stereocenters. The molecule has 0 radical (unpaired) electrons. The molecule has 0 aliphatic carbocycles. The molecule has 2 aromatic heterocycles. The van der Waals surface area contributed by atoms with Gasteiger partial charge in [0.1, 0.15) is 23.0 Å². The molecule has 0 bridgehead atoms. The summed E-state index contributed by atoms with van der Waals surface area (Å²) in [6.45, 7) is 4.76. The van der Waals surface area contributed by atoms with Gasteiger partial charge in [-0.2, -0.15) is 0 Å². The molecule has 1 atom stereocenters. The molecule has 1 fully saturated rings. The average Bonchev–Trinajstić information content (AvgIpc) is 2.99. The highest BCUT2D eigenvalue weighted by molar-refractivity contribution is 5.78. The molecule has 0 saturated carbocycles. The van der Waals surface area contributed by atoms with Crippen LogP contribution in [-0.4, -0.2) is 47.4 Å². The van der Waals surface area contributed by atoms with Gasteiger partial charge in [-0.1, -0.05) is 0 Å². The number of ether oxygens (including phenoxy) is 1. The van der Waals surface area contributed by atoms with Crippen molar-refractivity contribution in [1.29, 1.82) is 0 Å². The van der Waals surface area contributed by atoms with Gasteiger partial charge in [0.25, 0.3) is 0 Å². The lowest BCUT2D eigenvalue weighted by Crippen LogP contribution is -2.40. The largest absolute Gasteiger partial charge is 0.374 e. The van der Waals surface area contributed by atoms with E-state index in [0.717, 1.165) is 12.1 Å². The van der Waals surface area contributed by atoms with Crippen molar-refractivity contribution in [3.05, 3.63) is 47.2 Å². The van der Waals surface area contributed by atoms with Crippen LogP contribution in [0.25, 0.3) is 22.6 Å². The SMILES string of the molecule is CNCc1cc(F)c(-c2nc3cc(C)cnc3n2C[C@H]2CNCCO2)c(F)c1. The van der Waals surface area contributed by atoms with Crippen LogP contribution in [0, 0.1) is 18.6 Å². The van der Waals surface area contributed by atoms with Gasteiger partial charge in [0, 0.05) is 25.8 Å². The van der Waals surface area contributed by atoms with Crippen LogP contribution >= 0.6 is 0 Å². The number of fused-ring (bicyclic) bond motifs is 1. The number of nitrogens with zero attached hydrogens (tertiary/aromatic N) is 3. The first-order valence-corrected chi connectivity index (χ1v) is 9.35. The maximum atomic E-state index is 14.9. The zero-order valence-electron chi connectivity index (χ0n) is 15.9. The van der Waals surface area contributed by atoms with E-state index in [0.29, 0.717) is 43.0 Å². The second-order valence-corrected chi connectivity index (χ2v) is 7.06. The molecule has 1 saturated heterocycles. The van der Waals surface area contributed by atoms with Crippen molar-refractivity contribution in [2.75, 3.05) is 26.7 Å². The van der Waals surface area contributed by atoms with Crippen molar-refractivity contribution in [3.63, 3.8) is 0 Å². The van der Waals surface area contributed by atoms with E-state index in [-0.39, 0.29) is 17.5 Å². The molecule has 0 amide bonds. The molecule has 1 aliphatic rings. The number of aromatic nitrogens is 3. The Kier molecular flexibility index (Phi) is 5.34. The lowest BCUT2D eigenvalue weighted by atomic mass is 10.1. The first kappa shape index (κ1) is 18.9. The van der Waals surface area contributed by atoms with Gasteiger partial charge in [0.2, 0.25) is 0 Å². The fraction of sp³-hybridized carbons (Fsp3) is 0.400. The van der Waals surface area contributed by atoms with Gasteiger partial charge in [-0.05, 0) is 43.3 Å². The third kappa shape index (κ3) is 3.63. The van der Waals surface area contributed by atoms with Crippen LogP contribution < -0.4 is 10.6 Å². The number of benzene rings is 1. The summed E-state index contributed by atoms with van der Waals surface area (Å²) in [6.07, 6.45) is 1.61. The summed E-state index contributed by atoms with van der Waals surface area (Å²) in [4.78, 5) is 9.00. The summed E-state index contributed by atoms with van der Waals surface area (Å²) in [5.41, 5.74) is 2.53. The topological polar surface area (TPSA) is 64.0 Å². The minimum Gasteiger partial charge on any atom is -0.374 e. The van der Waals surface area contributed by atoms with Gasteiger partial charge in [-0.15, -0.1) is 0 Å². The van der Waals surface area contributed by atoms with E-state index in [1.165, 1.54) is 12.1 Å². The van der Waals surface area contributed by atoms with Crippen LogP contribution in [0.4, 0.5) is 8.78 Å². The Labute approximate surface area is 161 Å². The number of morpholine rings is 1. The maximum Gasteiger partial charge on any atom is 0.160 e. The van der Waals surface area contributed by atoms with E-state index in [9.17, 15) is 8.78 Å². The molecule has 148 valence electrons. The van der Waals surface area contributed by atoms with E-state index >= 15 is 0 Å². The molecule has 0 spiro atoms. The van der Waals surface area contributed by atoms with Gasteiger partial charge in [0.05, 0.1) is 24.8 Å². The smallest absolute Gasteiger partial charge is 0.160 e. The Balaban J connectivity index is 1.85. The van der Waals surface area contributed by atoms with Crippen molar-refractivity contribution in [3.8, 4) is 11.4 Å². The molecule has 3 heterocycles. The number of halogens is 2. The van der Waals surface area contributed by atoms with Crippen LogP contribution in [0.15, 0.2) is 24.4 Å². The van der Waals surface area contributed by atoms with Crippen molar-refractivity contribution < 1.29 is 13.5 Å². The van der Waals surface area contributed by atoms with E-state index in [2.05, 4.69) is 20.6 Å². The first-order valence-electron chi connectivity index (χ1n) is 9.35. The Morgan fingerprint density at radius 3 is 2.75 bits per heavy atom. The number of aryl methyl sites for hydroxylation is 1.